The SMILES string of the molecule is Cc1nc(-c2csc(C)c2)cc(=O)[nH]1. The Morgan fingerprint density at radius 3 is 2.71 bits per heavy atom. The molecule has 2 rings (SSSR count). The fourth-order valence-electron chi connectivity index (χ4n) is 1.31. The Kier molecular flexibility index (Phi) is 2.21. The number of thiophene rings is 1. The molecule has 14 heavy (non-hydrogen) atoms. The lowest BCUT2D eigenvalue weighted by atomic mass is 10.2. The topological polar surface area (TPSA) is 45.8 Å². The van der Waals surface area contributed by atoms with Crippen LogP contribution in [0.25, 0.3) is 11.3 Å². The predicted octanol–water partition coefficient (Wildman–Crippen LogP) is 2.12. The van der Waals surface area contributed by atoms with Crippen LogP contribution in [0.15, 0.2) is 22.3 Å². The summed E-state index contributed by atoms with van der Waals surface area (Å²) in [5, 5.41) is 2.01. The summed E-state index contributed by atoms with van der Waals surface area (Å²) < 4.78 is 0. The van der Waals surface area contributed by atoms with Gasteiger partial charge in [0.05, 0.1) is 5.69 Å². The van der Waals surface area contributed by atoms with Crippen molar-refractivity contribution in [1.82, 2.24) is 9.97 Å². The van der Waals surface area contributed by atoms with E-state index in [2.05, 4.69) is 9.97 Å². The highest BCUT2D eigenvalue weighted by molar-refractivity contribution is 7.10. The number of rotatable bonds is 1. The quantitative estimate of drug-likeness (QED) is 0.776. The molecule has 0 radical (unpaired) electrons. The molecular formula is C10H10N2OS. The molecule has 0 atom stereocenters. The molecule has 3 nitrogen and oxygen atoms in total. The number of hydrogen-bond acceptors (Lipinski definition) is 3. The van der Waals surface area contributed by atoms with Crippen molar-refractivity contribution >= 4 is 11.3 Å². The lowest BCUT2D eigenvalue weighted by molar-refractivity contribution is 1.02. The van der Waals surface area contributed by atoms with E-state index in [4.69, 9.17) is 0 Å². The smallest absolute Gasteiger partial charge is 0.251 e. The van der Waals surface area contributed by atoms with Crippen LogP contribution in [0.4, 0.5) is 0 Å². The first-order valence-corrected chi connectivity index (χ1v) is 5.16. The first-order valence-electron chi connectivity index (χ1n) is 4.28. The van der Waals surface area contributed by atoms with E-state index in [1.165, 1.54) is 10.9 Å². The van der Waals surface area contributed by atoms with Crippen molar-refractivity contribution in [3.8, 4) is 11.3 Å². The summed E-state index contributed by atoms with van der Waals surface area (Å²) in [4.78, 5) is 19.3. The minimum Gasteiger partial charge on any atom is -0.311 e. The summed E-state index contributed by atoms with van der Waals surface area (Å²) in [5.41, 5.74) is 1.66. The van der Waals surface area contributed by atoms with Gasteiger partial charge in [0.15, 0.2) is 0 Å². The molecule has 0 saturated carbocycles. The number of hydrogen-bond donors (Lipinski definition) is 1. The third-order valence-corrected chi connectivity index (χ3v) is 2.75. The van der Waals surface area contributed by atoms with Gasteiger partial charge in [-0.1, -0.05) is 0 Å². The van der Waals surface area contributed by atoms with Crippen LogP contribution in [0.3, 0.4) is 0 Å². The van der Waals surface area contributed by atoms with Crippen LogP contribution in [0, 0.1) is 13.8 Å². The summed E-state index contributed by atoms with van der Waals surface area (Å²) in [6.07, 6.45) is 0. The Balaban J connectivity index is 2.56. The van der Waals surface area contributed by atoms with Crippen molar-refractivity contribution in [2.24, 2.45) is 0 Å². The van der Waals surface area contributed by atoms with Gasteiger partial charge in [-0.25, -0.2) is 4.98 Å². The summed E-state index contributed by atoms with van der Waals surface area (Å²) >= 11 is 1.66. The number of aromatic nitrogens is 2. The fourth-order valence-corrected chi connectivity index (χ4v) is 2.00. The third-order valence-electron chi connectivity index (χ3n) is 1.89. The van der Waals surface area contributed by atoms with E-state index < -0.39 is 0 Å². The van der Waals surface area contributed by atoms with Gasteiger partial charge in [0.25, 0.3) is 5.56 Å². The number of nitrogens with one attached hydrogen (secondary N) is 1. The van der Waals surface area contributed by atoms with Gasteiger partial charge in [-0.3, -0.25) is 4.79 Å². The van der Waals surface area contributed by atoms with E-state index in [1.54, 1.807) is 18.3 Å². The molecule has 2 aromatic rings. The molecule has 0 fully saturated rings. The van der Waals surface area contributed by atoms with Gasteiger partial charge in [-0.2, -0.15) is 0 Å². The number of aromatic amines is 1. The third kappa shape index (κ3) is 1.75. The zero-order chi connectivity index (χ0) is 10.1. The van der Waals surface area contributed by atoms with Gasteiger partial charge < -0.3 is 4.98 Å². The van der Waals surface area contributed by atoms with Crippen molar-refractivity contribution in [2.75, 3.05) is 0 Å². The van der Waals surface area contributed by atoms with E-state index in [1.807, 2.05) is 18.4 Å². The first kappa shape index (κ1) is 9.15. The Hall–Kier alpha value is -1.42. The van der Waals surface area contributed by atoms with Gasteiger partial charge in [0.2, 0.25) is 0 Å². The first-order chi connectivity index (χ1) is 6.65. The second-order valence-corrected chi connectivity index (χ2v) is 4.28. The maximum atomic E-state index is 11.2. The molecule has 72 valence electrons. The molecule has 0 bridgehead atoms. The van der Waals surface area contributed by atoms with Gasteiger partial charge in [0.1, 0.15) is 5.82 Å². The summed E-state index contributed by atoms with van der Waals surface area (Å²) in [6, 6.07) is 3.56. The minimum absolute atomic E-state index is 0.101. The standard InChI is InChI=1S/C10H10N2OS/c1-6-3-8(5-14-6)9-4-10(13)12-7(2)11-9/h3-5H,1-2H3,(H,11,12,13). The van der Waals surface area contributed by atoms with Crippen LogP contribution in [0.1, 0.15) is 10.7 Å². The van der Waals surface area contributed by atoms with Crippen LogP contribution in [-0.4, -0.2) is 9.97 Å². The molecule has 4 heteroatoms. The van der Waals surface area contributed by atoms with E-state index in [-0.39, 0.29) is 5.56 Å². The summed E-state index contributed by atoms with van der Waals surface area (Å²) in [6.45, 7) is 3.82. The number of H-pyrrole nitrogens is 1. The highest BCUT2D eigenvalue weighted by Gasteiger charge is 2.03. The zero-order valence-corrected chi connectivity index (χ0v) is 8.81. The maximum absolute atomic E-state index is 11.2. The molecule has 1 N–H and O–H groups in total. The maximum Gasteiger partial charge on any atom is 0.251 e. The second-order valence-electron chi connectivity index (χ2n) is 3.16. The van der Waals surface area contributed by atoms with Crippen LogP contribution in [-0.2, 0) is 0 Å². The predicted molar refractivity (Wildman–Crippen MR) is 57.6 cm³/mol. The highest BCUT2D eigenvalue weighted by atomic mass is 32.1. The monoisotopic (exact) mass is 206 g/mol. The van der Waals surface area contributed by atoms with Gasteiger partial charge in [0, 0.05) is 21.9 Å². The van der Waals surface area contributed by atoms with E-state index >= 15 is 0 Å². The Morgan fingerprint density at radius 1 is 1.36 bits per heavy atom. The molecule has 0 unspecified atom stereocenters. The Bertz CT molecular complexity index is 513. The second kappa shape index (κ2) is 3.38. The highest BCUT2D eigenvalue weighted by Crippen LogP contribution is 2.22. The zero-order valence-electron chi connectivity index (χ0n) is 8.00. The average Bonchev–Trinajstić information content (AvgIpc) is 2.50. The summed E-state index contributed by atoms with van der Waals surface area (Å²) in [7, 11) is 0. The minimum atomic E-state index is -0.101. The van der Waals surface area contributed by atoms with Gasteiger partial charge in [-0.05, 0) is 19.9 Å². The van der Waals surface area contributed by atoms with E-state index in [0.717, 1.165) is 11.3 Å². The van der Waals surface area contributed by atoms with Crippen molar-refractivity contribution in [3.05, 3.63) is 38.6 Å². The van der Waals surface area contributed by atoms with Gasteiger partial charge in [-0.15, -0.1) is 11.3 Å². The molecule has 0 aliphatic rings. The lowest BCUT2D eigenvalue weighted by Gasteiger charge is -1.97. The largest absolute Gasteiger partial charge is 0.311 e. The van der Waals surface area contributed by atoms with Crippen molar-refractivity contribution in [1.29, 1.82) is 0 Å². The van der Waals surface area contributed by atoms with Crippen LogP contribution in [0.2, 0.25) is 0 Å². The van der Waals surface area contributed by atoms with E-state index in [0.29, 0.717) is 5.82 Å². The van der Waals surface area contributed by atoms with Crippen molar-refractivity contribution in [3.63, 3.8) is 0 Å². The molecular weight excluding hydrogens is 196 g/mol. The molecule has 0 amide bonds. The molecule has 0 aliphatic carbocycles. The molecule has 0 aliphatic heterocycles. The number of aryl methyl sites for hydroxylation is 2. The summed E-state index contributed by atoms with van der Waals surface area (Å²) in [5.74, 6) is 0.649. The molecule has 0 spiro atoms. The Labute approximate surface area is 85.5 Å². The Morgan fingerprint density at radius 2 is 2.14 bits per heavy atom. The van der Waals surface area contributed by atoms with Crippen molar-refractivity contribution in [2.45, 2.75) is 13.8 Å². The molecule has 0 saturated heterocycles. The fraction of sp³-hybridized carbons (Fsp3) is 0.200. The molecule has 2 heterocycles. The van der Waals surface area contributed by atoms with Crippen LogP contribution < -0.4 is 5.56 Å². The number of nitrogens with zero attached hydrogens (tertiary/aromatic N) is 1. The lowest BCUT2D eigenvalue weighted by Crippen LogP contribution is -2.08. The van der Waals surface area contributed by atoms with Crippen LogP contribution in [0.5, 0.6) is 0 Å². The normalized spacial score (nSPS) is 10.4. The molecule has 2 aromatic heterocycles. The van der Waals surface area contributed by atoms with Crippen molar-refractivity contribution < 1.29 is 0 Å². The van der Waals surface area contributed by atoms with E-state index in [9.17, 15) is 4.79 Å². The molecule has 0 aromatic carbocycles. The van der Waals surface area contributed by atoms with Crippen LogP contribution >= 0.6 is 11.3 Å². The average molecular weight is 206 g/mol. The van der Waals surface area contributed by atoms with Gasteiger partial charge >= 0.3 is 0 Å².